The Balaban J connectivity index is 1.20. The van der Waals surface area contributed by atoms with Crippen molar-refractivity contribution in [3.8, 4) is 5.88 Å². The molecule has 0 bridgehead atoms. The van der Waals surface area contributed by atoms with Gasteiger partial charge in [0.05, 0.1) is 18.1 Å². The summed E-state index contributed by atoms with van der Waals surface area (Å²) in [6, 6.07) is 7.49. The van der Waals surface area contributed by atoms with Crippen molar-refractivity contribution in [3.05, 3.63) is 36.0 Å². The van der Waals surface area contributed by atoms with Crippen molar-refractivity contribution in [1.29, 1.82) is 0 Å². The van der Waals surface area contributed by atoms with E-state index < -0.39 is 33.7 Å². The van der Waals surface area contributed by atoms with E-state index in [4.69, 9.17) is 9.47 Å². The van der Waals surface area contributed by atoms with Crippen molar-refractivity contribution in [2.45, 2.75) is 68.4 Å². The molecule has 3 fully saturated rings. The summed E-state index contributed by atoms with van der Waals surface area (Å²) in [6.07, 6.45) is -3.07. The number of nitrogens with one attached hydrogen (secondary N) is 2. The summed E-state index contributed by atoms with van der Waals surface area (Å²) in [7, 11) is -3.68. The highest BCUT2D eigenvalue weighted by molar-refractivity contribution is 7.89. The quantitative estimate of drug-likeness (QED) is 0.508. The molecule has 0 aliphatic carbocycles. The number of nitrogens with zero attached hydrogens (tertiary/aromatic N) is 4. The summed E-state index contributed by atoms with van der Waals surface area (Å²) >= 11 is 0. The number of hydrogen-bond donors (Lipinski definition) is 2. The lowest BCUT2D eigenvalue weighted by Gasteiger charge is -2.37. The summed E-state index contributed by atoms with van der Waals surface area (Å²) in [4.78, 5) is 10.4. The van der Waals surface area contributed by atoms with Crippen LogP contribution < -0.4 is 20.3 Å². The lowest BCUT2D eigenvalue weighted by molar-refractivity contribution is -0.139. The number of piperazine rings is 1. The van der Waals surface area contributed by atoms with Crippen LogP contribution in [0.2, 0.25) is 0 Å². The van der Waals surface area contributed by atoms with Crippen LogP contribution in [0.4, 0.5) is 24.8 Å². The van der Waals surface area contributed by atoms with E-state index in [1.165, 1.54) is 4.31 Å². The van der Waals surface area contributed by atoms with Gasteiger partial charge in [-0.2, -0.15) is 22.5 Å². The number of ether oxygens (including phenoxy) is 2. The summed E-state index contributed by atoms with van der Waals surface area (Å²) in [6.45, 7) is 7.10. The molecule has 1 aromatic heterocycles. The third kappa shape index (κ3) is 6.61. The maximum Gasteiger partial charge on any atom is 0.423 e. The summed E-state index contributed by atoms with van der Waals surface area (Å²) in [5.41, 5.74) is -0.0553. The van der Waals surface area contributed by atoms with Crippen molar-refractivity contribution in [3.63, 3.8) is 0 Å². The van der Waals surface area contributed by atoms with Gasteiger partial charge in [-0.3, -0.25) is 0 Å². The molecule has 14 heteroatoms. The minimum Gasteiger partial charge on any atom is -0.471 e. The van der Waals surface area contributed by atoms with Crippen molar-refractivity contribution >= 4 is 21.7 Å². The Labute approximate surface area is 232 Å². The topological polar surface area (TPSA) is 109 Å². The van der Waals surface area contributed by atoms with Gasteiger partial charge in [0, 0.05) is 62.6 Å². The normalized spacial score (nSPS) is 25.2. The molecule has 3 aliphatic heterocycles. The van der Waals surface area contributed by atoms with Crippen molar-refractivity contribution < 1.29 is 31.1 Å². The minimum atomic E-state index is -4.66. The van der Waals surface area contributed by atoms with Crippen LogP contribution in [0.1, 0.15) is 38.7 Å². The average Bonchev–Trinajstić information content (AvgIpc) is 3.41. The molecule has 0 saturated carbocycles. The average molecular weight is 585 g/mol. The van der Waals surface area contributed by atoms with Gasteiger partial charge in [-0.1, -0.05) is 0 Å². The minimum absolute atomic E-state index is 0.00959. The molecular formula is C26H35F3N6O4S. The molecule has 3 atom stereocenters. The molecule has 0 spiro atoms. The standard InChI is InChI=1S/C26H35F3N6O4S/c1-17-14-34(15-18(2)31-17)20-3-5-22(6-4-20)40(36,37)35-10-7-19(8-11-35)32-25-30-13-23(26(27,28)29)24(33-25)39-21-9-12-38-16-21/h3-6,13,17-19,21,31H,7-12,14-16H2,1-2H3,(H,30,32,33)/t17-,18-,21+/m0/s1. The van der Waals surface area contributed by atoms with E-state index in [0.717, 1.165) is 18.8 Å². The van der Waals surface area contributed by atoms with Crippen LogP contribution in [0.3, 0.4) is 0 Å². The predicted octanol–water partition coefficient (Wildman–Crippen LogP) is 3.11. The van der Waals surface area contributed by atoms with Gasteiger partial charge in [-0.15, -0.1) is 0 Å². The zero-order valence-corrected chi connectivity index (χ0v) is 23.3. The molecule has 220 valence electrons. The van der Waals surface area contributed by atoms with E-state index >= 15 is 0 Å². The number of piperidine rings is 1. The second-order valence-electron chi connectivity index (χ2n) is 10.7. The van der Waals surface area contributed by atoms with E-state index in [1.54, 1.807) is 12.1 Å². The Hall–Kier alpha value is -2.68. The summed E-state index contributed by atoms with van der Waals surface area (Å²) < 4.78 is 79.2. The van der Waals surface area contributed by atoms with Gasteiger partial charge in [0.15, 0.2) is 0 Å². The molecule has 10 nitrogen and oxygen atoms in total. The number of hydrogen-bond acceptors (Lipinski definition) is 9. The second-order valence-corrected chi connectivity index (χ2v) is 12.6. The fraction of sp³-hybridized carbons (Fsp3) is 0.615. The van der Waals surface area contributed by atoms with Crippen molar-refractivity contribution in [1.82, 2.24) is 19.6 Å². The van der Waals surface area contributed by atoms with Gasteiger partial charge < -0.3 is 25.0 Å². The lowest BCUT2D eigenvalue weighted by Crippen LogP contribution is -2.54. The Morgan fingerprint density at radius 1 is 1.07 bits per heavy atom. The second kappa shape index (κ2) is 11.7. The first-order chi connectivity index (χ1) is 19.0. The number of rotatable bonds is 7. The molecule has 3 aliphatic rings. The van der Waals surface area contributed by atoms with Gasteiger partial charge in [0.1, 0.15) is 11.7 Å². The van der Waals surface area contributed by atoms with E-state index in [-0.39, 0.29) is 36.6 Å². The Morgan fingerprint density at radius 2 is 1.75 bits per heavy atom. The molecule has 4 heterocycles. The van der Waals surface area contributed by atoms with E-state index in [0.29, 0.717) is 44.1 Å². The number of alkyl halides is 3. The molecule has 0 amide bonds. The molecule has 40 heavy (non-hydrogen) atoms. The number of benzene rings is 1. The monoisotopic (exact) mass is 584 g/mol. The molecule has 5 rings (SSSR count). The van der Waals surface area contributed by atoms with E-state index in [1.807, 2.05) is 12.1 Å². The van der Waals surface area contributed by atoms with E-state index in [2.05, 4.69) is 39.3 Å². The van der Waals surface area contributed by atoms with Gasteiger partial charge in [0.2, 0.25) is 21.9 Å². The molecule has 1 aromatic carbocycles. The number of aromatic nitrogens is 2. The van der Waals surface area contributed by atoms with Crippen LogP contribution in [0.15, 0.2) is 35.4 Å². The SMILES string of the molecule is C[C@H]1CN(c2ccc(S(=O)(=O)N3CCC(Nc4ncc(C(F)(F)F)c(O[C@@H]5CCOC5)n4)CC3)cc2)C[C@H](C)N1. The third-order valence-electron chi connectivity index (χ3n) is 7.41. The summed E-state index contributed by atoms with van der Waals surface area (Å²) in [5.74, 6) is -0.524. The highest BCUT2D eigenvalue weighted by Gasteiger charge is 2.38. The Bertz CT molecular complexity index is 1260. The Morgan fingerprint density at radius 3 is 2.35 bits per heavy atom. The van der Waals surface area contributed by atoms with Gasteiger partial charge in [0.25, 0.3) is 0 Å². The molecule has 2 N–H and O–H groups in total. The first-order valence-electron chi connectivity index (χ1n) is 13.6. The predicted molar refractivity (Wildman–Crippen MR) is 143 cm³/mol. The first-order valence-corrected chi connectivity index (χ1v) is 15.0. The van der Waals surface area contributed by atoms with Gasteiger partial charge in [-0.05, 0) is 51.0 Å². The van der Waals surface area contributed by atoms with Gasteiger partial charge in [-0.25, -0.2) is 13.4 Å². The molecule has 2 aromatic rings. The fourth-order valence-corrected chi connectivity index (χ4v) is 6.89. The molecular weight excluding hydrogens is 549 g/mol. The fourth-order valence-electron chi connectivity index (χ4n) is 5.42. The highest BCUT2D eigenvalue weighted by atomic mass is 32.2. The molecule has 0 radical (unpaired) electrons. The maximum atomic E-state index is 13.5. The number of anilines is 2. The van der Waals surface area contributed by atoms with E-state index in [9.17, 15) is 21.6 Å². The molecule has 3 saturated heterocycles. The van der Waals surface area contributed by atoms with Crippen LogP contribution >= 0.6 is 0 Å². The van der Waals surface area contributed by atoms with Crippen LogP contribution in [0.25, 0.3) is 0 Å². The number of sulfonamides is 1. The number of halogens is 3. The first kappa shape index (κ1) is 28.8. The highest BCUT2D eigenvalue weighted by Crippen LogP contribution is 2.36. The largest absolute Gasteiger partial charge is 0.471 e. The van der Waals surface area contributed by atoms with Crippen LogP contribution in [-0.4, -0.2) is 86.3 Å². The van der Waals surface area contributed by atoms with Crippen LogP contribution in [0, 0.1) is 0 Å². The summed E-state index contributed by atoms with van der Waals surface area (Å²) in [5, 5.41) is 6.54. The van der Waals surface area contributed by atoms with Crippen LogP contribution in [0.5, 0.6) is 5.88 Å². The van der Waals surface area contributed by atoms with Crippen molar-refractivity contribution in [2.75, 3.05) is 49.6 Å². The third-order valence-corrected chi connectivity index (χ3v) is 9.32. The van der Waals surface area contributed by atoms with Gasteiger partial charge >= 0.3 is 6.18 Å². The smallest absolute Gasteiger partial charge is 0.423 e. The zero-order chi connectivity index (χ0) is 28.5. The molecule has 0 unspecified atom stereocenters. The van der Waals surface area contributed by atoms with Crippen LogP contribution in [-0.2, 0) is 20.9 Å². The zero-order valence-electron chi connectivity index (χ0n) is 22.5. The maximum absolute atomic E-state index is 13.5. The Kier molecular flexibility index (Phi) is 8.41. The van der Waals surface area contributed by atoms with Crippen molar-refractivity contribution in [2.24, 2.45) is 0 Å². The lowest BCUT2D eigenvalue weighted by atomic mass is 10.1.